The molecule has 4 heteroatoms. The minimum atomic E-state index is 0.186. The van der Waals surface area contributed by atoms with Crippen molar-refractivity contribution in [2.75, 3.05) is 18.8 Å². The van der Waals surface area contributed by atoms with Gasteiger partial charge in [-0.15, -0.1) is 11.3 Å². The molecule has 0 N–H and O–H groups in total. The molecule has 1 saturated heterocycles. The van der Waals surface area contributed by atoms with E-state index in [1.807, 2.05) is 34.9 Å². The maximum absolute atomic E-state index is 12.9. The zero-order valence-corrected chi connectivity index (χ0v) is 15.0. The molecular formula is C20H19NOS2. The number of hydrogen-bond acceptors (Lipinski definition) is 3. The normalized spacial score (nSPS) is 18.5. The summed E-state index contributed by atoms with van der Waals surface area (Å²) >= 11 is 3.57. The van der Waals surface area contributed by atoms with Gasteiger partial charge >= 0.3 is 0 Å². The first-order chi connectivity index (χ1) is 11.8. The molecule has 2 aromatic carbocycles. The summed E-state index contributed by atoms with van der Waals surface area (Å²) in [5, 5.41) is 1.66. The van der Waals surface area contributed by atoms with E-state index >= 15 is 0 Å². The van der Waals surface area contributed by atoms with Gasteiger partial charge in [-0.05, 0) is 29.5 Å². The zero-order valence-electron chi connectivity index (χ0n) is 13.4. The van der Waals surface area contributed by atoms with Crippen molar-refractivity contribution < 1.29 is 4.79 Å². The smallest absolute Gasteiger partial charge is 0.263 e. The number of nitrogens with zero attached hydrogens (tertiary/aromatic N) is 1. The molecule has 0 aliphatic carbocycles. The fraction of sp³-hybridized carbons (Fsp3) is 0.250. The van der Waals surface area contributed by atoms with Crippen molar-refractivity contribution in [3.63, 3.8) is 0 Å². The molecule has 0 spiro atoms. The lowest BCUT2D eigenvalue weighted by molar-refractivity contribution is 0.0771. The summed E-state index contributed by atoms with van der Waals surface area (Å²) in [7, 11) is 0. The quantitative estimate of drug-likeness (QED) is 0.629. The van der Waals surface area contributed by atoms with Gasteiger partial charge in [0.2, 0.25) is 0 Å². The highest BCUT2D eigenvalue weighted by Gasteiger charge is 2.23. The molecule has 0 saturated carbocycles. The summed E-state index contributed by atoms with van der Waals surface area (Å²) in [4.78, 5) is 15.8. The van der Waals surface area contributed by atoms with Gasteiger partial charge in [-0.25, -0.2) is 0 Å². The van der Waals surface area contributed by atoms with E-state index in [0.717, 1.165) is 35.5 Å². The molecular weight excluding hydrogens is 334 g/mol. The Bertz CT molecular complexity index is 810. The summed E-state index contributed by atoms with van der Waals surface area (Å²) in [6.07, 6.45) is 1.02. The van der Waals surface area contributed by atoms with Gasteiger partial charge < -0.3 is 4.90 Å². The van der Waals surface area contributed by atoms with Crippen LogP contribution in [-0.2, 0) is 0 Å². The van der Waals surface area contributed by atoms with Gasteiger partial charge in [-0.3, -0.25) is 4.79 Å². The number of hydrogen-bond donors (Lipinski definition) is 0. The van der Waals surface area contributed by atoms with Crippen molar-refractivity contribution in [1.29, 1.82) is 0 Å². The van der Waals surface area contributed by atoms with Gasteiger partial charge in [0.15, 0.2) is 0 Å². The summed E-state index contributed by atoms with van der Waals surface area (Å²) in [6, 6.07) is 20.9. The molecule has 0 bridgehead atoms. The van der Waals surface area contributed by atoms with E-state index < -0.39 is 0 Å². The first-order valence-corrected chi connectivity index (χ1v) is 10.1. The Morgan fingerprint density at radius 2 is 1.79 bits per heavy atom. The van der Waals surface area contributed by atoms with E-state index in [0.29, 0.717) is 5.25 Å². The highest BCUT2D eigenvalue weighted by atomic mass is 32.2. The van der Waals surface area contributed by atoms with Gasteiger partial charge in [0, 0.05) is 28.8 Å². The number of carbonyl (C=O) groups excluding carboxylic acids is 1. The molecule has 1 aliphatic rings. The van der Waals surface area contributed by atoms with Crippen LogP contribution in [0.15, 0.2) is 60.7 Å². The van der Waals surface area contributed by atoms with E-state index in [-0.39, 0.29) is 5.91 Å². The maximum Gasteiger partial charge on any atom is 0.263 e. The Balaban J connectivity index is 1.49. The van der Waals surface area contributed by atoms with E-state index in [4.69, 9.17) is 0 Å². The topological polar surface area (TPSA) is 20.3 Å². The highest BCUT2D eigenvalue weighted by Crippen LogP contribution is 2.35. The minimum Gasteiger partial charge on any atom is -0.337 e. The minimum absolute atomic E-state index is 0.186. The average Bonchev–Trinajstić information content (AvgIpc) is 2.91. The molecule has 3 aromatic rings. The van der Waals surface area contributed by atoms with Crippen molar-refractivity contribution in [2.24, 2.45) is 0 Å². The van der Waals surface area contributed by atoms with Crippen LogP contribution in [0, 0.1) is 0 Å². The third kappa shape index (κ3) is 3.21. The van der Waals surface area contributed by atoms with Gasteiger partial charge in [-0.1, -0.05) is 48.5 Å². The molecule has 1 amide bonds. The Hall–Kier alpha value is -1.78. The first kappa shape index (κ1) is 15.7. The summed E-state index contributed by atoms with van der Waals surface area (Å²) in [6.45, 7) is 1.67. The van der Waals surface area contributed by atoms with Crippen LogP contribution in [0.3, 0.4) is 0 Å². The molecule has 2 nitrogen and oxygen atoms in total. The second-order valence-electron chi connectivity index (χ2n) is 6.00. The molecule has 1 atom stereocenters. The fourth-order valence-corrected chi connectivity index (χ4v) is 5.41. The Morgan fingerprint density at radius 3 is 2.62 bits per heavy atom. The number of thiophene rings is 1. The van der Waals surface area contributed by atoms with Gasteiger partial charge in [0.25, 0.3) is 5.91 Å². The summed E-state index contributed by atoms with van der Waals surface area (Å²) in [5.41, 5.74) is 1.37. The Morgan fingerprint density at radius 1 is 1.00 bits per heavy atom. The third-order valence-electron chi connectivity index (χ3n) is 4.44. The number of amides is 1. The van der Waals surface area contributed by atoms with Crippen LogP contribution >= 0.6 is 23.1 Å². The van der Waals surface area contributed by atoms with Crippen molar-refractivity contribution in [2.45, 2.75) is 11.7 Å². The van der Waals surface area contributed by atoms with Crippen LogP contribution in [0.5, 0.6) is 0 Å². The molecule has 1 unspecified atom stereocenters. The number of fused-ring (bicyclic) bond motifs is 1. The molecule has 1 fully saturated rings. The van der Waals surface area contributed by atoms with Crippen LogP contribution in [-0.4, -0.2) is 29.6 Å². The largest absolute Gasteiger partial charge is 0.337 e. The lowest BCUT2D eigenvalue weighted by Crippen LogP contribution is -2.32. The first-order valence-electron chi connectivity index (χ1n) is 8.26. The Labute approximate surface area is 150 Å². The van der Waals surface area contributed by atoms with E-state index in [1.54, 1.807) is 11.3 Å². The molecule has 24 heavy (non-hydrogen) atoms. The van der Waals surface area contributed by atoms with Gasteiger partial charge in [0.1, 0.15) is 0 Å². The number of carbonyl (C=O) groups is 1. The Kier molecular flexibility index (Phi) is 4.58. The molecule has 1 aromatic heterocycles. The van der Waals surface area contributed by atoms with E-state index in [2.05, 4.69) is 42.5 Å². The lowest BCUT2D eigenvalue weighted by atomic mass is 10.1. The zero-order chi connectivity index (χ0) is 16.4. The molecule has 1 aliphatic heterocycles. The SMILES string of the molecule is O=C(c1cc2ccccc2s1)N1CCSC(c2ccccc2)CC1. The number of benzene rings is 2. The average molecular weight is 354 g/mol. The second kappa shape index (κ2) is 6.99. The highest BCUT2D eigenvalue weighted by molar-refractivity contribution is 7.99. The van der Waals surface area contributed by atoms with E-state index in [1.165, 1.54) is 10.3 Å². The number of thioether (sulfide) groups is 1. The van der Waals surface area contributed by atoms with Crippen LogP contribution in [0.1, 0.15) is 26.9 Å². The second-order valence-corrected chi connectivity index (χ2v) is 8.39. The van der Waals surface area contributed by atoms with E-state index in [9.17, 15) is 4.79 Å². The van der Waals surface area contributed by atoms with Gasteiger partial charge in [0.05, 0.1) is 4.88 Å². The van der Waals surface area contributed by atoms with Crippen molar-refractivity contribution in [1.82, 2.24) is 4.90 Å². The summed E-state index contributed by atoms with van der Waals surface area (Å²) < 4.78 is 1.19. The summed E-state index contributed by atoms with van der Waals surface area (Å²) in [5.74, 6) is 1.18. The maximum atomic E-state index is 12.9. The molecule has 2 heterocycles. The third-order valence-corrected chi connectivity index (χ3v) is 6.87. The van der Waals surface area contributed by atoms with Gasteiger partial charge in [-0.2, -0.15) is 11.8 Å². The van der Waals surface area contributed by atoms with Crippen LogP contribution in [0.4, 0.5) is 0 Å². The van der Waals surface area contributed by atoms with Crippen molar-refractivity contribution in [3.05, 3.63) is 71.1 Å². The predicted octanol–water partition coefficient (Wildman–Crippen LogP) is 5.22. The lowest BCUT2D eigenvalue weighted by Gasteiger charge is -2.19. The van der Waals surface area contributed by atoms with Crippen LogP contribution in [0.2, 0.25) is 0 Å². The van der Waals surface area contributed by atoms with Crippen molar-refractivity contribution in [3.8, 4) is 0 Å². The monoisotopic (exact) mass is 353 g/mol. The number of rotatable bonds is 2. The molecule has 4 rings (SSSR count). The standard InChI is InChI=1S/C20H19NOS2/c22-20(19-14-16-8-4-5-9-18(16)24-19)21-11-10-17(23-13-12-21)15-6-2-1-3-7-15/h1-9,14,17H,10-13H2. The van der Waals surface area contributed by atoms with Crippen LogP contribution in [0.25, 0.3) is 10.1 Å². The molecule has 0 radical (unpaired) electrons. The molecule has 122 valence electrons. The fourth-order valence-electron chi connectivity index (χ4n) is 3.15. The predicted molar refractivity (Wildman–Crippen MR) is 104 cm³/mol. The van der Waals surface area contributed by atoms with Crippen LogP contribution < -0.4 is 0 Å². The van der Waals surface area contributed by atoms with Crippen molar-refractivity contribution >= 4 is 39.1 Å².